The Morgan fingerprint density at radius 2 is 1.71 bits per heavy atom. The van der Waals surface area contributed by atoms with Gasteiger partial charge in [0, 0.05) is 37.6 Å². The highest BCUT2D eigenvalue weighted by atomic mass is 19.1. The van der Waals surface area contributed by atoms with Crippen molar-refractivity contribution in [3.63, 3.8) is 0 Å². The van der Waals surface area contributed by atoms with E-state index in [1.807, 2.05) is 0 Å². The summed E-state index contributed by atoms with van der Waals surface area (Å²) >= 11 is 0. The van der Waals surface area contributed by atoms with Crippen LogP contribution >= 0.6 is 0 Å². The second kappa shape index (κ2) is 13.1. The molecule has 1 aromatic heterocycles. The first-order chi connectivity index (χ1) is 16.9. The van der Waals surface area contributed by atoms with Crippen LogP contribution in [0.5, 0.6) is 0 Å². The molecule has 0 unspecified atom stereocenters. The van der Waals surface area contributed by atoms with E-state index in [0.29, 0.717) is 23.1 Å². The zero-order chi connectivity index (χ0) is 25.2. The largest absolute Gasteiger partial charge is 0.449 e. The molecule has 0 aliphatic carbocycles. The first-order valence-corrected chi connectivity index (χ1v) is 12.7. The molecule has 0 atom stereocenters. The highest BCUT2D eigenvalue weighted by Gasteiger charge is 2.21. The van der Waals surface area contributed by atoms with E-state index >= 15 is 0 Å². The van der Waals surface area contributed by atoms with E-state index in [9.17, 15) is 18.8 Å². The molecule has 1 N–H and O–H groups in total. The highest BCUT2D eigenvalue weighted by Crippen LogP contribution is 2.27. The maximum atomic E-state index is 13.4. The number of nitrogens with zero attached hydrogens (tertiary/aromatic N) is 3. The first kappa shape index (κ1) is 26.5. The molecule has 0 radical (unpaired) electrons. The van der Waals surface area contributed by atoms with Gasteiger partial charge in [-0.3, -0.25) is 9.78 Å². The van der Waals surface area contributed by atoms with Gasteiger partial charge in [-0.25, -0.2) is 14.2 Å². The molecule has 192 valence electrons. The van der Waals surface area contributed by atoms with Gasteiger partial charge in [0.05, 0.1) is 12.8 Å². The number of H-pyrrole nitrogens is 1. The van der Waals surface area contributed by atoms with Crippen molar-refractivity contribution in [1.82, 2.24) is 9.55 Å². The lowest BCUT2D eigenvalue weighted by Crippen LogP contribution is -2.36. The third-order valence-electron chi connectivity index (χ3n) is 6.60. The van der Waals surface area contributed by atoms with E-state index in [0.717, 1.165) is 39.0 Å². The molecule has 1 aromatic carbocycles. The summed E-state index contributed by atoms with van der Waals surface area (Å²) in [6, 6.07) is 8.88. The minimum atomic E-state index is -1.21. The Kier molecular flexibility index (Phi) is 9.93. The van der Waals surface area contributed by atoms with E-state index < -0.39 is 23.2 Å². The van der Waals surface area contributed by atoms with Crippen molar-refractivity contribution in [3.05, 3.63) is 57.1 Å². The molecule has 2 aromatic rings. The van der Waals surface area contributed by atoms with E-state index in [4.69, 9.17) is 4.74 Å². The van der Waals surface area contributed by atoms with E-state index in [1.54, 1.807) is 4.98 Å². The molecule has 35 heavy (non-hydrogen) atoms. The SMILES string of the molecule is CCCCN(CCCC)c1ccc(N2CCC(CCOC(=O)n3cc(F)c(=O)[nH]c3=O)CC2)cc1. The number of benzene rings is 1. The van der Waals surface area contributed by atoms with Gasteiger partial charge in [0.1, 0.15) is 0 Å². The standard InChI is InChI=1S/C26H37FN4O4/c1-3-5-14-29(15-6-4-2)21-7-9-22(10-8-21)30-16-11-20(12-17-30)13-18-35-26(34)31-19-23(27)24(32)28-25(31)33/h7-10,19-20H,3-6,11-18H2,1-2H3,(H,28,32,33). The van der Waals surface area contributed by atoms with E-state index in [-0.39, 0.29) is 6.61 Å². The number of piperidine rings is 1. The number of hydrogen-bond donors (Lipinski definition) is 1. The van der Waals surface area contributed by atoms with Crippen LogP contribution in [0.1, 0.15) is 58.8 Å². The topological polar surface area (TPSA) is 87.6 Å². The summed E-state index contributed by atoms with van der Waals surface area (Å²) in [5, 5.41) is 0. The summed E-state index contributed by atoms with van der Waals surface area (Å²) in [5.41, 5.74) is 0.336. The molecular formula is C26H37FN4O4. The minimum absolute atomic E-state index is 0.136. The molecule has 2 heterocycles. The molecule has 9 heteroatoms. The van der Waals surface area contributed by atoms with E-state index in [1.165, 1.54) is 37.1 Å². The van der Waals surface area contributed by atoms with Gasteiger partial charge in [-0.15, -0.1) is 0 Å². The average Bonchev–Trinajstić information content (AvgIpc) is 2.87. The first-order valence-electron chi connectivity index (χ1n) is 12.7. The number of anilines is 2. The Hall–Kier alpha value is -3.10. The van der Waals surface area contributed by atoms with E-state index in [2.05, 4.69) is 47.9 Å². The van der Waals surface area contributed by atoms with Crippen molar-refractivity contribution in [3.8, 4) is 0 Å². The number of hydrogen-bond acceptors (Lipinski definition) is 6. The molecule has 8 nitrogen and oxygen atoms in total. The van der Waals surface area contributed by atoms with Gasteiger partial charge < -0.3 is 14.5 Å². The Bertz CT molecular complexity index is 1050. The van der Waals surface area contributed by atoms with Crippen LogP contribution in [0, 0.1) is 11.7 Å². The van der Waals surface area contributed by atoms with Gasteiger partial charge in [0.2, 0.25) is 5.82 Å². The second-order valence-corrected chi connectivity index (χ2v) is 9.15. The lowest BCUT2D eigenvalue weighted by Gasteiger charge is -2.34. The number of nitrogens with one attached hydrogen (secondary N) is 1. The van der Waals surface area contributed by atoms with Gasteiger partial charge in [-0.2, -0.15) is 4.39 Å². The summed E-state index contributed by atoms with van der Waals surface area (Å²) in [6.07, 6.45) is 6.98. The summed E-state index contributed by atoms with van der Waals surface area (Å²) in [6.45, 7) is 8.63. The number of halogens is 1. The van der Waals surface area contributed by atoms with Crippen LogP contribution < -0.4 is 21.0 Å². The molecule has 0 spiro atoms. The molecule has 1 saturated heterocycles. The number of ether oxygens (including phenoxy) is 1. The summed E-state index contributed by atoms with van der Waals surface area (Å²) in [4.78, 5) is 41.4. The fourth-order valence-corrected chi connectivity index (χ4v) is 4.39. The third-order valence-corrected chi connectivity index (χ3v) is 6.60. The van der Waals surface area contributed by atoms with Gasteiger partial charge in [-0.05, 0) is 62.3 Å². The van der Waals surface area contributed by atoms with Crippen LogP contribution in [0.3, 0.4) is 0 Å². The van der Waals surface area contributed by atoms with Crippen LogP contribution in [-0.4, -0.2) is 48.4 Å². The van der Waals surface area contributed by atoms with Crippen LogP contribution in [0.2, 0.25) is 0 Å². The van der Waals surface area contributed by atoms with Crippen LogP contribution in [-0.2, 0) is 4.74 Å². The fraction of sp³-hybridized carbons (Fsp3) is 0.577. The maximum Gasteiger partial charge on any atom is 0.422 e. The molecule has 0 bridgehead atoms. The Balaban J connectivity index is 1.45. The molecule has 1 fully saturated rings. The quantitative estimate of drug-likeness (QED) is 0.505. The zero-order valence-electron chi connectivity index (χ0n) is 20.8. The van der Waals surface area contributed by atoms with Crippen LogP contribution in [0.4, 0.5) is 20.6 Å². The Labute approximate surface area is 205 Å². The number of carbonyl (C=O) groups excluding carboxylic acids is 1. The lowest BCUT2D eigenvalue weighted by atomic mass is 9.93. The summed E-state index contributed by atoms with van der Waals surface area (Å²) < 4.78 is 18.9. The molecule has 1 aliphatic heterocycles. The van der Waals surface area contributed by atoms with Gasteiger partial charge in [0.15, 0.2) is 0 Å². The molecule has 0 amide bonds. The second-order valence-electron chi connectivity index (χ2n) is 9.15. The minimum Gasteiger partial charge on any atom is -0.449 e. The van der Waals surface area contributed by atoms with Crippen molar-refractivity contribution in [2.45, 2.75) is 58.8 Å². The zero-order valence-corrected chi connectivity index (χ0v) is 20.8. The molecular weight excluding hydrogens is 451 g/mol. The molecule has 0 saturated carbocycles. The average molecular weight is 489 g/mol. The number of aromatic amines is 1. The van der Waals surface area contributed by atoms with Crippen molar-refractivity contribution < 1.29 is 13.9 Å². The fourth-order valence-electron chi connectivity index (χ4n) is 4.39. The smallest absolute Gasteiger partial charge is 0.422 e. The number of aromatic nitrogens is 2. The van der Waals surface area contributed by atoms with Crippen molar-refractivity contribution in [1.29, 1.82) is 0 Å². The van der Waals surface area contributed by atoms with Crippen molar-refractivity contribution in [2.75, 3.05) is 42.6 Å². The van der Waals surface area contributed by atoms with Crippen molar-refractivity contribution in [2.24, 2.45) is 5.92 Å². The van der Waals surface area contributed by atoms with Gasteiger partial charge >= 0.3 is 11.8 Å². The van der Waals surface area contributed by atoms with Crippen molar-refractivity contribution >= 4 is 17.5 Å². The Morgan fingerprint density at radius 3 is 2.31 bits per heavy atom. The predicted octanol–water partition coefficient (Wildman–Crippen LogP) is 4.37. The van der Waals surface area contributed by atoms with Crippen LogP contribution in [0.15, 0.2) is 40.1 Å². The normalized spacial score (nSPS) is 14.2. The maximum absolute atomic E-state index is 13.4. The number of carbonyl (C=O) groups is 1. The van der Waals surface area contributed by atoms with Crippen LogP contribution in [0.25, 0.3) is 0 Å². The number of unbranched alkanes of at least 4 members (excludes halogenated alkanes) is 2. The monoisotopic (exact) mass is 488 g/mol. The Morgan fingerprint density at radius 1 is 1.09 bits per heavy atom. The van der Waals surface area contributed by atoms with Gasteiger partial charge in [-0.1, -0.05) is 26.7 Å². The molecule has 3 rings (SSSR count). The van der Waals surface area contributed by atoms with Gasteiger partial charge in [0.25, 0.3) is 5.56 Å². The predicted molar refractivity (Wildman–Crippen MR) is 136 cm³/mol. The summed E-state index contributed by atoms with van der Waals surface area (Å²) in [5.74, 6) is -0.808. The summed E-state index contributed by atoms with van der Waals surface area (Å²) in [7, 11) is 0. The highest BCUT2D eigenvalue weighted by molar-refractivity contribution is 5.69. The number of rotatable bonds is 11. The lowest BCUT2D eigenvalue weighted by molar-refractivity contribution is 0.136. The molecule has 1 aliphatic rings. The third kappa shape index (κ3) is 7.44.